The van der Waals surface area contributed by atoms with Crippen LogP contribution in [0.1, 0.15) is 103 Å². The van der Waals surface area contributed by atoms with E-state index in [0.717, 1.165) is 67.3 Å². The fourth-order valence-electron chi connectivity index (χ4n) is 9.59. The first-order chi connectivity index (χ1) is 37.3. The van der Waals surface area contributed by atoms with Crippen molar-refractivity contribution >= 4 is 34.1 Å². The number of hydrogen-bond acceptors (Lipinski definition) is 14. The molecule has 0 bridgehead atoms. The Morgan fingerprint density at radius 3 is 0.566 bits per heavy atom. The normalized spacial score (nSPS) is 10.3. The topological polar surface area (TPSA) is 255 Å². The predicted molar refractivity (Wildman–Crippen MR) is 305 cm³/mol. The van der Waals surface area contributed by atoms with Gasteiger partial charge in [0.15, 0.2) is 0 Å². The van der Waals surface area contributed by atoms with E-state index in [1.807, 2.05) is 0 Å². The van der Waals surface area contributed by atoms with Crippen molar-refractivity contribution in [2.24, 2.45) is 0 Å². The molecule has 0 aromatic heterocycles. The minimum Gasteiger partial charge on any atom is -0.397 e. The first-order valence-corrected chi connectivity index (χ1v) is 26.4. The third kappa shape index (κ3) is 16.4. The van der Waals surface area contributed by atoms with E-state index in [1.54, 1.807) is 0 Å². The molecule has 0 spiro atoms. The number of rotatable bonds is 32. The largest absolute Gasteiger partial charge is 0.397 e. The van der Waals surface area contributed by atoms with Crippen LogP contribution in [0.25, 0.3) is 44.5 Å². The highest BCUT2D eigenvalue weighted by molar-refractivity contribution is 6.12. The zero-order valence-electron chi connectivity index (χ0n) is 43.7. The van der Waals surface area contributed by atoms with Gasteiger partial charge in [-0.05, 0) is 122 Å². The molecule has 0 aliphatic rings. The van der Waals surface area contributed by atoms with E-state index in [9.17, 15) is 42.1 Å². The zero-order valence-corrected chi connectivity index (χ0v) is 43.7. The van der Waals surface area contributed by atoms with Crippen molar-refractivity contribution in [1.29, 1.82) is 42.1 Å². The molecular formula is C62H68N14. The van der Waals surface area contributed by atoms with Gasteiger partial charge in [0.05, 0.1) is 59.9 Å². The summed E-state index contributed by atoms with van der Waals surface area (Å²) in [6, 6.07) is 51.3. The number of nitrogens with zero attached hydrogens (tertiary/aromatic N) is 12. The second-order valence-corrected chi connectivity index (χ2v) is 18.6. The minimum absolute atomic E-state index is 0.400. The lowest BCUT2D eigenvalue weighted by atomic mass is 9.80. The molecule has 0 unspecified atom stereocenters. The molecule has 0 saturated carbocycles. The zero-order chi connectivity index (χ0) is 54.3. The van der Waals surface area contributed by atoms with Crippen LogP contribution in [0.4, 0.5) is 34.1 Å². The maximum atomic E-state index is 9.39. The molecule has 14 heteroatoms. The van der Waals surface area contributed by atoms with Crippen molar-refractivity contribution < 1.29 is 0 Å². The Hall–Kier alpha value is -9.18. The molecule has 5 rings (SSSR count). The van der Waals surface area contributed by atoms with Crippen LogP contribution < -0.4 is 31.1 Å². The molecule has 0 aliphatic heterocycles. The highest BCUT2D eigenvalue weighted by atomic mass is 15.1. The molecule has 0 amide bonds. The summed E-state index contributed by atoms with van der Waals surface area (Å²) < 4.78 is 0. The minimum atomic E-state index is 0.400. The molecule has 0 saturated heterocycles. The average molecular weight is 1010 g/mol. The molecule has 0 radical (unpaired) electrons. The van der Waals surface area contributed by atoms with Gasteiger partial charge in [-0.1, -0.05) is 48.5 Å². The SMILES string of the molecule is N#CCCCN(CCCC#N)c1ccc(-c2c(N)c(N)c(-c3ccc(N(CCCC#N)CCCC#N)cc3)c(-c3ccc(N(CCCC#N)CCCC#N)cc3)c2-c2ccc(N(CCCC#N)CCCC#N)cc2)cc1. The Kier molecular flexibility index (Phi) is 24.4. The fourth-order valence-corrected chi connectivity index (χ4v) is 9.59. The second kappa shape index (κ2) is 32.1. The van der Waals surface area contributed by atoms with E-state index >= 15 is 0 Å². The van der Waals surface area contributed by atoms with Gasteiger partial charge in [-0.15, -0.1) is 0 Å². The Bertz CT molecular complexity index is 2680. The van der Waals surface area contributed by atoms with Gasteiger partial charge in [0.2, 0.25) is 0 Å². The Labute approximate surface area is 450 Å². The summed E-state index contributed by atoms with van der Waals surface area (Å²) in [5, 5.41) is 74.9. The van der Waals surface area contributed by atoms with Crippen molar-refractivity contribution in [1.82, 2.24) is 0 Å². The summed E-state index contributed by atoms with van der Waals surface area (Å²) in [6.45, 7) is 5.27. The summed E-state index contributed by atoms with van der Waals surface area (Å²) >= 11 is 0. The van der Waals surface area contributed by atoms with Crippen molar-refractivity contribution in [2.75, 3.05) is 83.4 Å². The van der Waals surface area contributed by atoms with E-state index in [2.05, 4.69) is 165 Å². The quantitative estimate of drug-likeness (QED) is 0.0300. The van der Waals surface area contributed by atoms with Gasteiger partial charge in [-0.25, -0.2) is 0 Å². The van der Waals surface area contributed by atoms with Crippen molar-refractivity contribution in [3.8, 4) is 93.1 Å². The summed E-state index contributed by atoms with van der Waals surface area (Å²) in [4.78, 5) is 8.88. The van der Waals surface area contributed by atoms with Crippen LogP contribution in [0.3, 0.4) is 0 Å². The number of hydrogen-bond donors (Lipinski definition) is 2. The van der Waals surface area contributed by atoms with Crippen LogP contribution in [-0.2, 0) is 0 Å². The third-order valence-electron chi connectivity index (χ3n) is 13.4. The lowest BCUT2D eigenvalue weighted by molar-refractivity contribution is 0.708. The van der Waals surface area contributed by atoms with Gasteiger partial charge in [-0.2, -0.15) is 42.1 Å². The standard InChI is InChI=1S/C62H68N14/c63-33-1-9-41-73(42-10-2-34-64)53-25-17-49(18-26-53)57-58(50-19-27-54(28-20-50)74(43-11-3-35-65)44-12-4-36-66)60(52-23-31-56(32-24-52)76(47-15-7-39-69)48-16-8-40-70)62(72)61(71)59(57)51-21-29-55(30-22-51)75(45-13-5-37-67)46-14-6-38-68/h17-32H,1-16,41-48,71-72H2. The van der Waals surface area contributed by atoms with Gasteiger partial charge in [0.25, 0.3) is 0 Å². The van der Waals surface area contributed by atoms with Crippen LogP contribution in [0.5, 0.6) is 0 Å². The van der Waals surface area contributed by atoms with Crippen molar-refractivity contribution in [3.63, 3.8) is 0 Å². The van der Waals surface area contributed by atoms with E-state index in [1.165, 1.54) is 0 Å². The first-order valence-electron chi connectivity index (χ1n) is 26.4. The third-order valence-corrected chi connectivity index (χ3v) is 13.4. The van der Waals surface area contributed by atoms with Crippen LogP contribution in [0.2, 0.25) is 0 Å². The van der Waals surface area contributed by atoms with E-state index in [0.29, 0.717) is 166 Å². The number of nitrogen functional groups attached to an aromatic ring is 2. The number of nitriles is 8. The molecule has 0 aliphatic carbocycles. The van der Waals surface area contributed by atoms with Crippen LogP contribution in [0, 0.1) is 90.6 Å². The highest BCUT2D eigenvalue weighted by Crippen LogP contribution is 2.53. The van der Waals surface area contributed by atoms with Crippen LogP contribution in [-0.4, -0.2) is 52.4 Å². The van der Waals surface area contributed by atoms with Gasteiger partial charge < -0.3 is 31.1 Å². The number of benzene rings is 5. The molecule has 0 atom stereocenters. The molecule has 76 heavy (non-hydrogen) atoms. The molecule has 5 aromatic carbocycles. The van der Waals surface area contributed by atoms with Gasteiger partial charge >= 0.3 is 0 Å². The van der Waals surface area contributed by atoms with Crippen molar-refractivity contribution in [2.45, 2.75) is 103 Å². The summed E-state index contributed by atoms with van der Waals surface area (Å²) in [5.74, 6) is 0. The Balaban J connectivity index is 1.82. The van der Waals surface area contributed by atoms with E-state index < -0.39 is 0 Å². The molecule has 0 fully saturated rings. The first kappa shape index (κ1) is 57.7. The summed E-state index contributed by atoms with van der Waals surface area (Å²) in [5.41, 5.74) is 26.1. The van der Waals surface area contributed by atoms with E-state index in [-0.39, 0.29) is 0 Å². The Morgan fingerprint density at radius 2 is 0.408 bits per heavy atom. The highest BCUT2D eigenvalue weighted by Gasteiger charge is 2.27. The number of unbranched alkanes of at least 4 members (excludes halogenated alkanes) is 8. The predicted octanol–water partition coefficient (Wildman–Crippen LogP) is 13.2. The maximum absolute atomic E-state index is 9.39. The lowest BCUT2D eigenvalue weighted by Gasteiger charge is -2.28. The van der Waals surface area contributed by atoms with Crippen molar-refractivity contribution in [3.05, 3.63) is 97.1 Å². The van der Waals surface area contributed by atoms with Crippen LogP contribution in [0.15, 0.2) is 97.1 Å². The average Bonchev–Trinajstić information content (AvgIpc) is 3.45. The Morgan fingerprint density at radius 1 is 0.250 bits per heavy atom. The second-order valence-electron chi connectivity index (χ2n) is 18.6. The van der Waals surface area contributed by atoms with Gasteiger partial charge in [0, 0.05) is 149 Å². The molecule has 386 valence electrons. The monoisotopic (exact) mass is 1010 g/mol. The summed E-state index contributed by atoms with van der Waals surface area (Å²) in [6.07, 6.45) is 8.82. The molecule has 5 aromatic rings. The maximum Gasteiger partial charge on any atom is 0.0640 e. The van der Waals surface area contributed by atoms with E-state index in [4.69, 9.17) is 11.5 Å². The van der Waals surface area contributed by atoms with Gasteiger partial charge in [0.1, 0.15) is 0 Å². The molecular weight excluding hydrogens is 941 g/mol. The number of nitrogens with two attached hydrogens (primary N) is 2. The fraction of sp³-hybridized carbons (Fsp3) is 0.387. The molecule has 0 heterocycles. The number of anilines is 6. The summed E-state index contributed by atoms with van der Waals surface area (Å²) in [7, 11) is 0. The smallest absolute Gasteiger partial charge is 0.0640 e. The van der Waals surface area contributed by atoms with Crippen LogP contribution >= 0.6 is 0 Å². The lowest BCUT2D eigenvalue weighted by Crippen LogP contribution is -2.25. The van der Waals surface area contributed by atoms with Gasteiger partial charge in [-0.3, -0.25) is 0 Å². The molecule has 14 nitrogen and oxygen atoms in total. The molecule has 4 N–H and O–H groups in total.